The monoisotopic (exact) mass is 264 g/mol. The molecule has 2 rings (SSSR count). The Kier molecular flexibility index (Phi) is 3.10. The Morgan fingerprint density at radius 2 is 1.95 bits per heavy atom. The van der Waals surface area contributed by atoms with Crippen molar-refractivity contribution in [3.63, 3.8) is 0 Å². The maximum absolute atomic E-state index is 11.2. The van der Waals surface area contributed by atoms with Crippen LogP contribution in [0.2, 0.25) is 0 Å². The fourth-order valence-electron chi connectivity index (χ4n) is 1.60. The smallest absolute Gasteiger partial charge is 0.273 e. The van der Waals surface area contributed by atoms with E-state index in [9.17, 15) is 25.0 Å². The molecule has 0 unspecified atom stereocenters. The molecule has 0 atom stereocenters. The molecule has 19 heavy (non-hydrogen) atoms. The van der Waals surface area contributed by atoms with Crippen LogP contribution in [0.4, 0.5) is 17.1 Å². The Hall–Kier alpha value is -2.97. The van der Waals surface area contributed by atoms with Crippen LogP contribution in [0, 0.1) is 20.2 Å². The standard InChI is InChI=1S/C10H8N4O5/c15-10-2-1-5-12(11-10)8-4-3-7(13(16)17)6-9(8)14(18)19/h1,3-6H,2H2,(H,11,15). The minimum atomic E-state index is -0.739. The number of anilines is 1. The molecule has 1 aromatic rings. The molecule has 98 valence electrons. The van der Waals surface area contributed by atoms with Gasteiger partial charge in [0.1, 0.15) is 5.69 Å². The Bertz CT molecular complexity index is 598. The Balaban J connectivity index is 2.47. The molecular weight excluding hydrogens is 256 g/mol. The highest BCUT2D eigenvalue weighted by Crippen LogP contribution is 2.31. The van der Waals surface area contributed by atoms with E-state index in [1.165, 1.54) is 18.3 Å². The Labute approximate surface area is 106 Å². The second-order valence-corrected chi connectivity index (χ2v) is 3.68. The molecule has 1 amide bonds. The minimum Gasteiger partial charge on any atom is -0.273 e. The van der Waals surface area contributed by atoms with E-state index < -0.39 is 15.5 Å². The molecule has 1 N–H and O–H groups in total. The Morgan fingerprint density at radius 3 is 2.53 bits per heavy atom. The third-order valence-corrected chi connectivity index (χ3v) is 2.43. The number of hydrogen-bond acceptors (Lipinski definition) is 6. The van der Waals surface area contributed by atoms with Crippen LogP contribution in [-0.4, -0.2) is 15.8 Å². The zero-order valence-electron chi connectivity index (χ0n) is 9.48. The molecule has 9 heteroatoms. The van der Waals surface area contributed by atoms with Gasteiger partial charge in [-0.05, 0) is 6.07 Å². The quantitative estimate of drug-likeness (QED) is 0.648. The first-order chi connectivity index (χ1) is 8.99. The van der Waals surface area contributed by atoms with Crippen molar-refractivity contribution in [3.8, 4) is 0 Å². The first-order valence-corrected chi connectivity index (χ1v) is 5.17. The highest BCUT2D eigenvalue weighted by atomic mass is 16.6. The number of carbonyl (C=O) groups is 1. The minimum absolute atomic E-state index is 0.0555. The molecule has 9 nitrogen and oxygen atoms in total. The first kappa shape index (κ1) is 12.5. The van der Waals surface area contributed by atoms with Crippen LogP contribution < -0.4 is 10.4 Å². The molecule has 0 saturated heterocycles. The normalized spacial score (nSPS) is 14.1. The molecule has 0 radical (unpaired) electrons. The van der Waals surface area contributed by atoms with Crippen LogP contribution in [0.3, 0.4) is 0 Å². The molecule has 0 saturated carbocycles. The molecule has 0 aromatic heterocycles. The molecular formula is C10H8N4O5. The van der Waals surface area contributed by atoms with Crippen molar-refractivity contribution in [2.45, 2.75) is 6.42 Å². The van der Waals surface area contributed by atoms with E-state index in [1.54, 1.807) is 0 Å². The largest absolute Gasteiger partial charge is 0.301 e. The van der Waals surface area contributed by atoms with E-state index in [0.29, 0.717) is 0 Å². The van der Waals surface area contributed by atoms with Crippen molar-refractivity contribution in [2.75, 3.05) is 5.01 Å². The van der Waals surface area contributed by atoms with Gasteiger partial charge in [0.15, 0.2) is 0 Å². The van der Waals surface area contributed by atoms with Gasteiger partial charge in [-0.2, -0.15) is 0 Å². The van der Waals surface area contributed by atoms with E-state index in [0.717, 1.165) is 17.1 Å². The number of nitro benzene ring substituents is 2. The maximum atomic E-state index is 11.2. The van der Waals surface area contributed by atoms with Gasteiger partial charge in [-0.3, -0.25) is 35.5 Å². The summed E-state index contributed by atoms with van der Waals surface area (Å²) in [4.78, 5) is 31.3. The number of amides is 1. The summed E-state index contributed by atoms with van der Waals surface area (Å²) in [7, 11) is 0. The zero-order chi connectivity index (χ0) is 14.0. The van der Waals surface area contributed by atoms with Crippen molar-refractivity contribution in [1.82, 2.24) is 5.43 Å². The molecule has 1 aliphatic heterocycles. The van der Waals surface area contributed by atoms with E-state index in [4.69, 9.17) is 0 Å². The van der Waals surface area contributed by atoms with Crippen LogP contribution in [0.15, 0.2) is 30.5 Å². The van der Waals surface area contributed by atoms with Crippen LogP contribution in [0.25, 0.3) is 0 Å². The average Bonchev–Trinajstić information content (AvgIpc) is 2.37. The molecule has 0 fully saturated rings. The van der Waals surface area contributed by atoms with Gasteiger partial charge in [0.2, 0.25) is 5.91 Å². The van der Waals surface area contributed by atoms with Crippen molar-refractivity contribution < 1.29 is 14.6 Å². The second kappa shape index (κ2) is 4.72. The third kappa shape index (κ3) is 2.49. The molecule has 1 heterocycles. The van der Waals surface area contributed by atoms with Crippen LogP contribution in [-0.2, 0) is 4.79 Å². The lowest BCUT2D eigenvalue weighted by atomic mass is 10.2. The number of benzene rings is 1. The number of non-ortho nitro benzene ring substituents is 1. The summed E-state index contributed by atoms with van der Waals surface area (Å²) in [6.07, 6.45) is 3.16. The summed E-state index contributed by atoms with van der Waals surface area (Å²) in [5, 5.41) is 22.7. The molecule has 0 spiro atoms. The fraction of sp³-hybridized carbons (Fsp3) is 0.100. The van der Waals surface area contributed by atoms with Crippen LogP contribution >= 0.6 is 0 Å². The lowest BCUT2D eigenvalue weighted by Crippen LogP contribution is -2.41. The summed E-state index contributed by atoms with van der Waals surface area (Å²) in [5.41, 5.74) is 1.62. The first-order valence-electron chi connectivity index (χ1n) is 5.17. The number of hydrogen-bond donors (Lipinski definition) is 1. The van der Waals surface area contributed by atoms with Gasteiger partial charge in [0.25, 0.3) is 5.69 Å². The SMILES string of the molecule is O=C1CC=CN(c2ccc([N+](=O)[O-])cc2[N+](=O)[O-])N1. The van der Waals surface area contributed by atoms with E-state index >= 15 is 0 Å². The summed E-state index contributed by atoms with van der Waals surface area (Å²) in [6, 6.07) is 3.20. The lowest BCUT2D eigenvalue weighted by Gasteiger charge is -2.23. The summed E-state index contributed by atoms with van der Waals surface area (Å²) in [6.45, 7) is 0. The van der Waals surface area contributed by atoms with Crippen LogP contribution in [0.5, 0.6) is 0 Å². The predicted octanol–water partition coefficient (Wildman–Crippen LogP) is 1.26. The molecule has 1 aromatic carbocycles. The predicted molar refractivity (Wildman–Crippen MR) is 64.1 cm³/mol. The zero-order valence-corrected chi connectivity index (χ0v) is 9.48. The van der Waals surface area contributed by atoms with Crippen molar-refractivity contribution >= 4 is 23.0 Å². The lowest BCUT2D eigenvalue weighted by molar-refractivity contribution is -0.393. The third-order valence-electron chi connectivity index (χ3n) is 2.43. The van der Waals surface area contributed by atoms with E-state index in [1.807, 2.05) is 0 Å². The highest BCUT2D eigenvalue weighted by Gasteiger charge is 2.24. The maximum Gasteiger partial charge on any atom is 0.301 e. The molecule has 0 bridgehead atoms. The van der Waals surface area contributed by atoms with Gasteiger partial charge in [-0.15, -0.1) is 0 Å². The topological polar surface area (TPSA) is 119 Å². The number of nitro groups is 2. The second-order valence-electron chi connectivity index (χ2n) is 3.68. The summed E-state index contributed by atoms with van der Waals surface area (Å²) in [5.74, 6) is -0.324. The Morgan fingerprint density at radius 1 is 1.21 bits per heavy atom. The number of rotatable bonds is 3. The van der Waals surface area contributed by atoms with Crippen LogP contribution in [0.1, 0.15) is 6.42 Å². The molecule has 0 aliphatic carbocycles. The van der Waals surface area contributed by atoms with Gasteiger partial charge in [0, 0.05) is 18.7 Å². The number of nitrogens with one attached hydrogen (secondary N) is 1. The summed E-state index contributed by atoms with van der Waals surface area (Å²) < 4.78 is 0. The van der Waals surface area contributed by atoms with Crippen molar-refractivity contribution in [1.29, 1.82) is 0 Å². The van der Waals surface area contributed by atoms with Crippen molar-refractivity contribution in [3.05, 3.63) is 50.7 Å². The van der Waals surface area contributed by atoms with Gasteiger partial charge >= 0.3 is 5.69 Å². The average molecular weight is 264 g/mol. The summed E-state index contributed by atoms with van der Waals surface area (Å²) >= 11 is 0. The van der Waals surface area contributed by atoms with E-state index in [2.05, 4.69) is 5.43 Å². The number of carbonyl (C=O) groups excluding carboxylic acids is 1. The van der Waals surface area contributed by atoms with Gasteiger partial charge in [0.05, 0.1) is 15.9 Å². The number of nitrogens with zero attached hydrogens (tertiary/aromatic N) is 3. The van der Waals surface area contributed by atoms with Gasteiger partial charge in [-0.1, -0.05) is 6.08 Å². The van der Waals surface area contributed by atoms with Crippen molar-refractivity contribution in [2.24, 2.45) is 0 Å². The molecule has 1 aliphatic rings. The number of hydrazine groups is 1. The fourth-order valence-corrected chi connectivity index (χ4v) is 1.60. The van der Waals surface area contributed by atoms with E-state index in [-0.39, 0.29) is 23.7 Å². The highest BCUT2D eigenvalue weighted by molar-refractivity contribution is 5.83. The van der Waals surface area contributed by atoms with Gasteiger partial charge < -0.3 is 0 Å². The van der Waals surface area contributed by atoms with Gasteiger partial charge in [-0.25, -0.2) is 0 Å².